The summed E-state index contributed by atoms with van der Waals surface area (Å²) in [6.45, 7) is 5.51. The highest BCUT2D eigenvalue weighted by molar-refractivity contribution is 9.10. The van der Waals surface area contributed by atoms with Gasteiger partial charge in [-0.1, -0.05) is 36.7 Å². The molecular formula is C20H23BrF3N3O3. The normalized spacial score (nSPS) is 26.1. The zero-order chi connectivity index (χ0) is 22.5. The van der Waals surface area contributed by atoms with Gasteiger partial charge in [0.1, 0.15) is 12.1 Å². The average Bonchev–Trinajstić information content (AvgIpc) is 2.77. The van der Waals surface area contributed by atoms with E-state index >= 15 is 0 Å². The van der Waals surface area contributed by atoms with E-state index in [0.717, 1.165) is 17.4 Å². The molecule has 4 amide bonds. The number of nitrogens with zero attached hydrogens (tertiary/aromatic N) is 1. The number of carbonyl (C=O) groups excluding carboxylic acids is 3. The van der Waals surface area contributed by atoms with Crippen molar-refractivity contribution in [2.75, 3.05) is 11.9 Å². The van der Waals surface area contributed by atoms with E-state index in [1.54, 1.807) is 0 Å². The summed E-state index contributed by atoms with van der Waals surface area (Å²) in [6.07, 6.45) is -2.72. The Balaban J connectivity index is 1.73. The maximum atomic E-state index is 13.1. The van der Waals surface area contributed by atoms with Crippen LogP contribution >= 0.6 is 15.9 Å². The number of urea groups is 1. The number of alkyl halides is 3. The average molecular weight is 490 g/mol. The van der Waals surface area contributed by atoms with E-state index in [1.165, 1.54) is 12.1 Å². The van der Waals surface area contributed by atoms with Gasteiger partial charge >= 0.3 is 12.2 Å². The molecule has 0 bridgehead atoms. The zero-order valence-corrected chi connectivity index (χ0v) is 18.4. The van der Waals surface area contributed by atoms with Crippen LogP contribution in [0.1, 0.15) is 45.6 Å². The molecule has 0 aromatic heterocycles. The molecule has 1 aliphatic carbocycles. The third-order valence-electron chi connectivity index (χ3n) is 5.48. The van der Waals surface area contributed by atoms with Gasteiger partial charge in [0.05, 0.1) is 5.56 Å². The Kier molecular flexibility index (Phi) is 5.68. The fourth-order valence-corrected chi connectivity index (χ4v) is 5.29. The Morgan fingerprint density at radius 1 is 1.30 bits per heavy atom. The largest absolute Gasteiger partial charge is 0.417 e. The zero-order valence-electron chi connectivity index (χ0n) is 16.8. The van der Waals surface area contributed by atoms with Crippen LogP contribution in [0.2, 0.25) is 0 Å². The van der Waals surface area contributed by atoms with Crippen molar-refractivity contribution in [1.82, 2.24) is 10.2 Å². The smallest absolute Gasteiger partial charge is 0.325 e. The lowest BCUT2D eigenvalue weighted by Crippen LogP contribution is -2.54. The second-order valence-electron chi connectivity index (χ2n) is 9.00. The Morgan fingerprint density at radius 2 is 1.97 bits per heavy atom. The van der Waals surface area contributed by atoms with Gasteiger partial charge in [-0.3, -0.25) is 14.5 Å². The van der Waals surface area contributed by atoms with Gasteiger partial charge in [0, 0.05) is 10.2 Å². The summed E-state index contributed by atoms with van der Waals surface area (Å²) < 4.78 is 39.0. The van der Waals surface area contributed by atoms with Crippen molar-refractivity contribution in [3.63, 3.8) is 0 Å². The molecule has 164 valence electrons. The minimum absolute atomic E-state index is 0.0790. The molecule has 2 unspecified atom stereocenters. The Hall–Kier alpha value is -2.10. The molecule has 2 atom stereocenters. The highest BCUT2D eigenvalue weighted by Crippen LogP contribution is 2.46. The van der Waals surface area contributed by atoms with Crippen molar-refractivity contribution in [3.8, 4) is 0 Å². The van der Waals surface area contributed by atoms with E-state index in [4.69, 9.17) is 0 Å². The van der Waals surface area contributed by atoms with Crippen molar-refractivity contribution in [2.24, 2.45) is 11.3 Å². The molecule has 0 radical (unpaired) electrons. The molecule has 1 aromatic rings. The summed E-state index contributed by atoms with van der Waals surface area (Å²) in [6, 6.07) is 2.61. The maximum absolute atomic E-state index is 13.1. The lowest BCUT2D eigenvalue weighted by Gasteiger charge is -2.43. The van der Waals surface area contributed by atoms with Crippen LogP contribution in [-0.2, 0) is 15.8 Å². The Labute approximate surface area is 180 Å². The van der Waals surface area contributed by atoms with Crippen molar-refractivity contribution >= 4 is 39.5 Å². The van der Waals surface area contributed by atoms with Gasteiger partial charge in [0.15, 0.2) is 0 Å². The highest BCUT2D eigenvalue weighted by Gasteiger charge is 2.56. The maximum Gasteiger partial charge on any atom is 0.417 e. The fourth-order valence-electron chi connectivity index (χ4n) is 4.81. The number of rotatable bonds is 3. The second kappa shape index (κ2) is 7.55. The van der Waals surface area contributed by atoms with Crippen molar-refractivity contribution in [2.45, 2.75) is 51.7 Å². The predicted molar refractivity (Wildman–Crippen MR) is 108 cm³/mol. The standard InChI is InChI=1S/C20H23BrF3N3O3/c1-11-7-18(2,3)10-19(8-11)16(29)27(17(30)26-19)9-15(28)25-12-4-5-14(21)13(6-12)20(22,23)24/h4-6,11H,7-10H2,1-3H3,(H,25,28)(H,26,30). The number of amides is 4. The quantitative estimate of drug-likeness (QED) is 0.611. The molecular weight excluding hydrogens is 467 g/mol. The molecule has 1 saturated carbocycles. The van der Waals surface area contributed by atoms with Crippen molar-refractivity contribution in [3.05, 3.63) is 28.2 Å². The van der Waals surface area contributed by atoms with Crippen molar-refractivity contribution in [1.29, 1.82) is 0 Å². The number of hydrogen-bond donors (Lipinski definition) is 2. The third-order valence-corrected chi connectivity index (χ3v) is 6.17. The van der Waals surface area contributed by atoms with E-state index in [0.29, 0.717) is 12.8 Å². The van der Waals surface area contributed by atoms with Gasteiger partial charge < -0.3 is 10.6 Å². The molecule has 1 aromatic carbocycles. The van der Waals surface area contributed by atoms with Crippen LogP contribution in [0.25, 0.3) is 0 Å². The van der Waals surface area contributed by atoms with Gasteiger partial charge in [0.2, 0.25) is 5.91 Å². The number of benzene rings is 1. The van der Waals surface area contributed by atoms with Crippen LogP contribution in [0.3, 0.4) is 0 Å². The van der Waals surface area contributed by atoms with E-state index in [9.17, 15) is 27.6 Å². The number of nitrogens with one attached hydrogen (secondary N) is 2. The first-order valence-corrected chi connectivity index (χ1v) is 10.3. The van der Waals surface area contributed by atoms with Gasteiger partial charge in [-0.15, -0.1) is 0 Å². The lowest BCUT2D eigenvalue weighted by atomic mass is 9.64. The van der Waals surface area contributed by atoms with Crippen molar-refractivity contribution < 1.29 is 27.6 Å². The summed E-state index contributed by atoms with van der Waals surface area (Å²) in [4.78, 5) is 38.7. The first kappa shape index (κ1) is 22.6. The van der Waals surface area contributed by atoms with Crippen LogP contribution in [0.15, 0.2) is 22.7 Å². The number of hydrogen-bond acceptors (Lipinski definition) is 3. The SMILES string of the molecule is CC1CC(C)(C)CC2(C1)NC(=O)N(CC(=O)Nc1ccc(Br)c(C(F)(F)F)c1)C2=O. The number of anilines is 1. The summed E-state index contributed by atoms with van der Waals surface area (Å²) in [5.74, 6) is -1.00. The van der Waals surface area contributed by atoms with E-state index in [-0.39, 0.29) is 21.5 Å². The first-order chi connectivity index (χ1) is 13.7. The summed E-state index contributed by atoms with van der Waals surface area (Å²) in [7, 11) is 0. The van der Waals surface area contributed by atoms with Crippen LogP contribution in [0.5, 0.6) is 0 Å². The van der Waals surface area contributed by atoms with E-state index < -0.39 is 41.7 Å². The number of halogens is 4. The van der Waals surface area contributed by atoms with Gasteiger partial charge in [-0.2, -0.15) is 13.2 Å². The van der Waals surface area contributed by atoms with Crippen LogP contribution < -0.4 is 10.6 Å². The number of carbonyl (C=O) groups is 3. The van der Waals surface area contributed by atoms with Crippen LogP contribution in [0, 0.1) is 11.3 Å². The first-order valence-electron chi connectivity index (χ1n) is 9.53. The second-order valence-corrected chi connectivity index (χ2v) is 9.85. The molecule has 30 heavy (non-hydrogen) atoms. The minimum Gasteiger partial charge on any atom is -0.325 e. The monoisotopic (exact) mass is 489 g/mol. The van der Waals surface area contributed by atoms with Crippen LogP contribution in [0.4, 0.5) is 23.7 Å². The van der Waals surface area contributed by atoms with Crippen LogP contribution in [-0.4, -0.2) is 34.8 Å². The highest BCUT2D eigenvalue weighted by atomic mass is 79.9. The topological polar surface area (TPSA) is 78.5 Å². The molecule has 1 spiro atoms. The van der Waals surface area contributed by atoms with Gasteiger partial charge in [-0.25, -0.2) is 4.79 Å². The summed E-state index contributed by atoms with van der Waals surface area (Å²) >= 11 is 2.84. The predicted octanol–water partition coefficient (Wildman–Crippen LogP) is 4.54. The van der Waals surface area contributed by atoms with Gasteiger partial charge in [-0.05, 0) is 48.8 Å². The number of imide groups is 1. The molecule has 2 N–H and O–H groups in total. The Bertz CT molecular complexity index is 903. The molecule has 1 heterocycles. The van der Waals surface area contributed by atoms with E-state index in [2.05, 4.69) is 26.6 Å². The lowest BCUT2D eigenvalue weighted by molar-refractivity contribution is -0.138. The molecule has 6 nitrogen and oxygen atoms in total. The molecule has 10 heteroatoms. The van der Waals surface area contributed by atoms with E-state index in [1.807, 2.05) is 20.8 Å². The van der Waals surface area contributed by atoms with Gasteiger partial charge in [0.25, 0.3) is 5.91 Å². The summed E-state index contributed by atoms with van der Waals surface area (Å²) in [5, 5.41) is 5.10. The third kappa shape index (κ3) is 4.48. The molecule has 3 rings (SSSR count). The Morgan fingerprint density at radius 3 is 2.57 bits per heavy atom. The molecule has 1 aliphatic heterocycles. The fraction of sp³-hybridized carbons (Fsp3) is 0.550. The molecule has 2 fully saturated rings. The molecule has 2 aliphatic rings. The summed E-state index contributed by atoms with van der Waals surface area (Å²) in [5.41, 5.74) is -2.21. The minimum atomic E-state index is -4.60. The molecule has 1 saturated heterocycles.